The third-order valence-electron chi connectivity index (χ3n) is 2.91. The average molecular weight is 284 g/mol. The van der Waals surface area contributed by atoms with Gasteiger partial charge in [0.15, 0.2) is 11.5 Å². The van der Waals surface area contributed by atoms with Gasteiger partial charge in [-0.05, 0) is 18.2 Å². The second kappa shape index (κ2) is 6.09. The molecule has 6 nitrogen and oxygen atoms in total. The molecule has 1 heterocycles. The number of aromatic nitrogens is 2. The van der Waals surface area contributed by atoms with Gasteiger partial charge in [0, 0.05) is 25.7 Å². The summed E-state index contributed by atoms with van der Waals surface area (Å²) in [6.45, 7) is 0. The van der Waals surface area contributed by atoms with Gasteiger partial charge >= 0.3 is 0 Å². The molecule has 0 aliphatic heterocycles. The molecule has 0 amide bonds. The van der Waals surface area contributed by atoms with Crippen LogP contribution >= 0.6 is 0 Å². The number of hydrogen-bond donors (Lipinski definition) is 0. The first-order valence-electron chi connectivity index (χ1n) is 6.28. The van der Waals surface area contributed by atoms with E-state index in [1.54, 1.807) is 31.3 Å². The molecule has 2 aromatic rings. The normalized spacial score (nSPS) is 9.86. The predicted molar refractivity (Wildman–Crippen MR) is 79.6 cm³/mol. The summed E-state index contributed by atoms with van der Waals surface area (Å²) in [7, 11) is 6.82. The first-order chi connectivity index (χ1) is 10.1. The summed E-state index contributed by atoms with van der Waals surface area (Å²) in [4.78, 5) is 10.4. The predicted octanol–water partition coefficient (Wildman–Crippen LogP) is 2.10. The molecule has 2 rings (SSSR count). The van der Waals surface area contributed by atoms with Gasteiger partial charge in [0.2, 0.25) is 5.95 Å². The van der Waals surface area contributed by atoms with Gasteiger partial charge in [0.05, 0.1) is 19.9 Å². The number of anilines is 1. The van der Waals surface area contributed by atoms with Crippen molar-refractivity contribution in [2.45, 2.75) is 0 Å². The number of hydrogen-bond acceptors (Lipinski definition) is 6. The Morgan fingerprint density at radius 1 is 1.05 bits per heavy atom. The van der Waals surface area contributed by atoms with Crippen LogP contribution in [0, 0.1) is 11.3 Å². The van der Waals surface area contributed by atoms with Crippen molar-refractivity contribution in [3.63, 3.8) is 0 Å². The summed E-state index contributed by atoms with van der Waals surface area (Å²) in [6, 6.07) is 9.19. The van der Waals surface area contributed by atoms with Gasteiger partial charge in [-0.25, -0.2) is 9.97 Å². The quantitative estimate of drug-likeness (QED) is 0.856. The van der Waals surface area contributed by atoms with Crippen molar-refractivity contribution in [3.8, 4) is 28.8 Å². The lowest BCUT2D eigenvalue weighted by molar-refractivity contribution is 0.355. The Labute approximate surface area is 123 Å². The molecule has 0 bridgehead atoms. The van der Waals surface area contributed by atoms with Gasteiger partial charge in [-0.3, -0.25) is 0 Å². The van der Waals surface area contributed by atoms with Crippen LogP contribution in [0.4, 0.5) is 5.95 Å². The second-order valence-electron chi connectivity index (χ2n) is 4.51. The molecule has 0 N–H and O–H groups in total. The van der Waals surface area contributed by atoms with E-state index in [9.17, 15) is 0 Å². The van der Waals surface area contributed by atoms with E-state index in [1.807, 2.05) is 32.3 Å². The number of methoxy groups -OCH3 is 2. The zero-order chi connectivity index (χ0) is 15.4. The highest BCUT2D eigenvalue weighted by atomic mass is 16.5. The molecule has 6 heteroatoms. The summed E-state index contributed by atoms with van der Waals surface area (Å²) in [6.07, 6.45) is 0. The fourth-order valence-electron chi connectivity index (χ4n) is 1.84. The topological polar surface area (TPSA) is 71.3 Å². The summed E-state index contributed by atoms with van der Waals surface area (Å²) < 4.78 is 10.5. The molecular weight excluding hydrogens is 268 g/mol. The average Bonchev–Trinajstić information content (AvgIpc) is 2.53. The molecule has 0 aliphatic rings. The molecule has 108 valence electrons. The van der Waals surface area contributed by atoms with E-state index >= 15 is 0 Å². The summed E-state index contributed by atoms with van der Waals surface area (Å²) in [5, 5.41) is 9.09. The molecule has 1 aromatic carbocycles. The Morgan fingerprint density at radius 3 is 2.33 bits per heavy atom. The fourth-order valence-corrected chi connectivity index (χ4v) is 1.84. The maximum atomic E-state index is 9.09. The molecule has 0 fully saturated rings. The minimum absolute atomic E-state index is 0.318. The van der Waals surface area contributed by atoms with Crippen LogP contribution in [0.5, 0.6) is 11.5 Å². The standard InChI is InChI=1S/C15H16N4O2/c1-19(2)15-17-11(9-16)8-12(18-15)10-5-6-13(20-3)14(7-10)21-4/h5-8H,1-4H3. The van der Waals surface area contributed by atoms with Gasteiger partial charge in [-0.1, -0.05) is 0 Å². The van der Waals surface area contributed by atoms with Gasteiger partial charge in [0.25, 0.3) is 0 Å². The lowest BCUT2D eigenvalue weighted by Crippen LogP contribution is -2.13. The highest BCUT2D eigenvalue weighted by Crippen LogP contribution is 2.32. The minimum Gasteiger partial charge on any atom is -0.493 e. The van der Waals surface area contributed by atoms with Crippen LogP contribution in [0.15, 0.2) is 24.3 Å². The molecule has 0 saturated heterocycles. The fraction of sp³-hybridized carbons (Fsp3) is 0.267. The van der Waals surface area contributed by atoms with E-state index in [-0.39, 0.29) is 0 Å². The molecule has 0 saturated carbocycles. The van der Waals surface area contributed by atoms with Crippen LogP contribution in [-0.2, 0) is 0 Å². The van der Waals surface area contributed by atoms with Crippen molar-refractivity contribution in [3.05, 3.63) is 30.0 Å². The second-order valence-corrected chi connectivity index (χ2v) is 4.51. The summed E-state index contributed by atoms with van der Waals surface area (Å²) >= 11 is 0. The summed E-state index contributed by atoms with van der Waals surface area (Å²) in [5.74, 6) is 1.74. The van der Waals surface area contributed by atoms with Crippen LogP contribution in [0.3, 0.4) is 0 Å². The molecule has 0 radical (unpaired) electrons. The van der Waals surface area contributed by atoms with E-state index in [0.717, 1.165) is 5.56 Å². The van der Waals surface area contributed by atoms with Gasteiger partial charge in [0.1, 0.15) is 11.8 Å². The Morgan fingerprint density at radius 2 is 1.76 bits per heavy atom. The Bertz CT molecular complexity index is 693. The van der Waals surface area contributed by atoms with Crippen molar-refractivity contribution < 1.29 is 9.47 Å². The number of nitrogens with zero attached hydrogens (tertiary/aromatic N) is 4. The van der Waals surface area contributed by atoms with E-state index in [0.29, 0.717) is 28.8 Å². The van der Waals surface area contributed by atoms with Crippen molar-refractivity contribution in [1.82, 2.24) is 9.97 Å². The zero-order valence-corrected chi connectivity index (χ0v) is 12.4. The molecular formula is C15H16N4O2. The smallest absolute Gasteiger partial charge is 0.226 e. The lowest BCUT2D eigenvalue weighted by atomic mass is 10.1. The summed E-state index contributed by atoms with van der Waals surface area (Å²) in [5.41, 5.74) is 1.80. The van der Waals surface area contributed by atoms with Crippen LogP contribution in [0.25, 0.3) is 11.3 Å². The van der Waals surface area contributed by atoms with Crippen molar-refractivity contribution in [1.29, 1.82) is 5.26 Å². The largest absolute Gasteiger partial charge is 0.493 e. The molecule has 0 unspecified atom stereocenters. The maximum Gasteiger partial charge on any atom is 0.226 e. The highest BCUT2D eigenvalue weighted by Gasteiger charge is 2.11. The van der Waals surface area contributed by atoms with Crippen LogP contribution in [0.1, 0.15) is 5.69 Å². The van der Waals surface area contributed by atoms with Crippen molar-refractivity contribution >= 4 is 5.95 Å². The molecule has 1 aromatic heterocycles. The molecule has 0 atom stereocenters. The van der Waals surface area contributed by atoms with E-state index in [2.05, 4.69) is 9.97 Å². The zero-order valence-electron chi connectivity index (χ0n) is 12.4. The van der Waals surface area contributed by atoms with Crippen LogP contribution < -0.4 is 14.4 Å². The number of nitriles is 1. The third kappa shape index (κ3) is 3.03. The van der Waals surface area contributed by atoms with Gasteiger partial charge < -0.3 is 14.4 Å². The van der Waals surface area contributed by atoms with E-state index in [4.69, 9.17) is 14.7 Å². The van der Waals surface area contributed by atoms with Gasteiger partial charge in [-0.2, -0.15) is 5.26 Å². The maximum absolute atomic E-state index is 9.09. The van der Waals surface area contributed by atoms with Gasteiger partial charge in [-0.15, -0.1) is 0 Å². The van der Waals surface area contributed by atoms with Crippen molar-refractivity contribution in [2.24, 2.45) is 0 Å². The number of rotatable bonds is 4. The first kappa shape index (κ1) is 14.6. The third-order valence-corrected chi connectivity index (χ3v) is 2.91. The van der Waals surface area contributed by atoms with E-state index in [1.165, 1.54) is 0 Å². The van der Waals surface area contributed by atoms with E-state index < -0.39 is 0 Å². The Kier molecular flexibility index (Phi) is 4.24. The number of ether oxygens (including phenoxy) is 2. The molecule has 0 aliphatic carbocycles. The lowest BCUT2D eigenvalue weighted by Gasteiger charge is -2.13. The monoisotopic (exact) mass is 284 g/mol. The number of benzene rings is 1. The SMILES string of the molecule is COc1ccc(-c2cc(C#N)nc(N(C)C)n2)cc1OC. The molecule has 21 heavy (non-hydrogen) atoms. The highest BCUT2D eigenvalue weighted by molar-refractivity contribution is 5.66. The van der Waals surface area contributed by atoms with Crippen LogP contribution in [-0.4, -0.2) is 38.3 Å². The van der Waals surface area contributed by atoms with Crippen molar-refractivity contribution in [2.75, 3.05) is 33.2 Å². The Hall–Kier alpha value is -2.81. The van der Waals surface area contributed by atoms with Crippen LogP contribution in [0.2, 0.25) is 0 Å². The molecule has 0 spiro atoms. The Balaban J connectivity index is 2.56. The minimum atomic E-state index is 0.318. The first-order valence-corrected chi connectivity index (χ1v) is 6.28.